The number of nitrogens with zero attached hydrogens (tertiary/aromatic N) is 1. The van der Waals surface area contributed by atoms with E-state index in [1.54, 1.807) is 18.2 Å². The fourth-order valence-corrected chi connectivity index (χ4v) is 1.61. The normalized spacial score (nSPS) is 15.4. The summed E-state index contributed by atoms with van der Waals surface area (Å²) in [6, 6.07) is 5.32. The van der Waals surface area contributed by atoms with Crippen molar-refractivity contribution in [1.82, 2.24) is 0 Å². The molecule has 0 unspecified atom stereocenters. The molecular weight excluding hydrogens is 209 g/mol. The molecule has 0 amide bonds. The van der Waals surface area contributed by atoms with Crippen LogP contribution >= 0.6 is 23.2 Å². The molecule has 1 aromatic carbocycles. The molecule has 1 aliphatic rings. The molecule has 0 aromatic heterocycles. The highest BCUT2D eigenvalue weighted by molar-refractivity contribution is 6.36. The van der Waals surface area contributed by atoms with Gasteiger partial charge in [-0.15, -0.1) is 0 Å². The first-order valence-electron chi connectivity index (χ1n) is 3.91. The van der Waals surface area contributed by atoms with Crippen molar-refractivity contribution in [2.75, 3.05) is 6.61 Å². The standard InChI is InChI=1S/C9H7Cl2NO/c10-6-1-2-8(11)7(5-6)9-3-4-13-12-9/h1-2,5H,3-4H2. The zero-order valence-electron chi connectivity index (χ0n) is 6.76. The smallest absolute Gasteiger partial charge is 0.122 e. The van der Waals surface area contributed by atoms with Crippen LogP contribution in [0.5, 0.6) is 0 Å². The lowest BCUT2D eigenvalue weighted by Crippen LogP contribution is -1.97. The van der Waals surface area contributed by atoms with Gasteiger partial charge in [-0.25, -0.2) is 0 Å². The molecule has 2 nitrogen and oxygen atoms in total. The first-order valence-corrected chi connectivity index (χ1v) is 4.67. The molecule has 0 fully saturated rings. The maximum absolute atomic E-state index is 5.98. The molecule has 1 heterocycles. The van der Waals surface area contributed by atoms with Gasteiger partial charge in [-0.1, -0.05) is 28.4 Å². The van der Waals surface area contributed by atoms with Gasteiger partial charge in [0.25, 0.3) is 0 Å². The lowest BCUT2D eigenvalue weighted by Gasteiger charge is -2.01. The molecule has 0 bridgehead atoms. The molecule has 2 rings (SSSR count). The minimum absolute atomic E-state index is 0.623. The number of hydrogen-bond acceptors (Lipinski definition) is 2. The number of hydrogen-bond donors (Lipinski definition) is 0. The molecule has 0 radical (unpaired) electrons. The summed E-state index contributed by atoms with van der Waals surface area (Å²) in [5, 5.41) is 5.20. The van der Waals surface area contributed by atoms with E-state index >= 15 is 0 Å². The monoisotopic (exact) mass is 215 g/mol. The quantitative estimate of drug-likeness (QED) is 0.706. The van der Waals surface area contributed by atoms with Gasteiger partial charge in [0, 0.05) is 22.0 Å². The van der Waals surface area contributed by atoms with Crippen molar-refractivity contribution in [3.05, 3.63) is 33.8 Å². The van der Waals surface area contributed by atoms with Gasteiger partial charge in [0.05, 0.1) is 5.71 Å². The summed E-state index contributed by atoms with van der Waals surface area (Å²) >= 11 is 11.8. The van der Waals surface area contributed by atoms with E-state index in [9.17, 15) is 0 Å². The van der Waals surface area contributed by atoms with Crippen LogP contribution in [-0.4, -0.2) is 12.3 Å². The van der Waals surface area contributed by atoms with Gasteiger partial charge in [-0.3, -0.25) is 0 Å². The lowest BCUT2D eigenvalue weighted by atomic mass is 10.1. The predicted molar refractivity (Wildman–Crippen MR) is 53.6 cm³/mol. The van der Waals surface area contributed by atoms with Crippen molar-refractivity contribution in [3.8, 4) is 0 Å². The molecule has 0 aliphatic carbocycles. The molecule has 1 aliphatic heterocycles. The topological polar surface area (TPSA) is 21.6 Å². The molecule has 0 saturated carbocycles. The Hall–Kier alpha value is -0.730. The van der Waals surface area contributed by atoms with Gasteiger partial charge in [0.2, 0.25) is 0 Å². The Morgan fingerprint density at radius 3 is 2.85 bits per heavy atom. The number of halogens is 2. The average Bonchev–Trinajstić information content (AvgIpc) is 2.61. The second-order valence-electron chi connectivity index (χ2n) is 2.75. The van der Waals surface area contributed by atoms with Crippen molar-refractivity contribution in [2.24, 2.45) is 5.16 Å². The average molecular weight is 216 g/mol. The van der Waals surface area contributed by atoms with Crippen molar-refractivity contribution >= 4 is 28.9 Å². The summed E-state index contributed by atoms with van der Waals surface area (Å²) in [5.74, 6) is 0. The molecule has 4 heteroatoms. The Balaban J connectivity index is 2.43. The summed E-state index contributed by atoms with van der Waals surface area (Å²) in [6.07, 6.45) is 0.792. The van der Waals surface area contributed by atoms with Gasteiger partial charge >= 0.3 is 0 Å². The predicted octanol–water partition coefficient (Wildman–Crippen LogP) is 3.12. The Bertz CT molecular complexity index is 363. The highest BCUT2D eigenvalue weighted by Crippen LogP contribution is 2.23. The van der Waals surface area contributed by atoms with E-state index in [0.29, 0.717) is 16.7 Å². The Morgan fingerprint density at radius 1 is 1.31 bits per heavy atom. The third-order valence-corrected chi connectivity index (χ3v) is 2.41. The van der Waals surface area contributed by atoms with Gasteiger partial charge in [0.1, 0.15) is 6.61 Å². The number of oxime groups is 1. The van der Waals surface area contributed by atoms with Crippen LogP contribution < -0.4 is 0 Å². The van der Waals surface area contributed by atoms with E-state index in [2.05, 4.69) is 5.16 Å². The second-order valence-corrected chi connectivity index (χ2v) is 3.59. The molecule has 13 heavy (non-hydrogen) atoms. The van der Waals surface area contributed by atoms with Gasteiger partial charge < -0.3 is 4.84 Å². The van der Waals surface area contributed by atoms with E-state index < -0.39 is 0 Å². The highest BCUT2D eigenvalue weighted by Gasteiger charge is 2.13. The Labute approximate surface area is 86.1 Å². The van der Waals surface area contributed by atoms with Crippen molar-refractivity contribution < 1.29 is 4.84 Å². The summed E-state index contributed by atoms with van der Waals surface area (Å²) in [5.41, 5.74) is 1.74. The maximum atomic E-state index is 5.98. The summed E-state index contributed by atoms with van der Waals surface area (Å²) in [7, 11) is 0. The first-order chi connectivity index (χ1) is 6.27. The van der Waals surface area contributed by atoms with Crippen LogP contribution in [0.15, 0.2) is 23.4 Å². The molecule has 1 aromatic rings. The van der Waals surface area contributed by atoms with E-state index in [1.165, 1.54) is 0 Å². The molecular formula is C9H7Cl2NO. The first kappa shape index (κ1) is 8.85. The molecule has 0 N–H and O–H groups in total. The van der Waals surface area contributed by atoms with E-state index in [-0.39, 0.29) is 0 Å². The third-order valence-electron chi connectivity index (χ3n) is 1.84. The van der Waals surface area contributed by atoms with E-state index in [0.717, 1.165) is 17.7 Å². The molecule has 0 saturated heterocycles. The zero-order valence-corrected chi connectivity index (χ0v) is 8.27. The van der Waals surface area contributed by atoms with E-state index in [1.807, 2.05) is 0 Å². The van der Waals surface area contributed by atoms with Crippen LogP contribution in [0.2, 0.25) is 10.0 Å². The van der Waals surface area contributed by atoms with Crippen molar-refractivity contribution in [1.29, 1.82) is 0 Å². The van der Waals surface area contributed by atoms with Crippen LogP contribution in [0.3, 0.4) is 0 Å². The fourth-order valence-electron chi connectivity index (χ4n) is 1.21. The van der Waals surface area contributed by atoms with Crippen molar-refractivity contribution in [2.45, 2.75) is 6.42 Å². The number of benzene rings is 1. The Morgan fingerprint density at radius 2 is 2.15 bits per heavy atom. The zero-order chi connectivity index (χ0) is 9.26. The van der Waals surface area contributed by atoms with Crippen LogP contribution in [0.1, 0.15) is 12.0 Å². The van der Waals surface area contributed by atoms with Gasteiger partial charge in [-0.05, 0) is 18.2 Å². The van der Waals surface area contributed by atoms with Crippen molar-refractivity contribution in [3.63, 3.8) is 0 Å². The highest BCUT2D eigenvalue weighted by atomic mass is 35.5. The molecule has 0 spiro atoms. The lowest BCUT2D eigenvalue weighted by molar-refractivity contribution is 0.174. The number of rotatable bonds is 1. The summed E-state index contributed by atoms with van der Waals surface area (Å²) in [4.78, 5) is 4.89. The van der Waals surface area contributed by atoms with Crippen LogP contribution in [0.25, 0.3) is 0 Å². The van der Waals surface area contributed by atoms with Crippen LogP contribution in [-0.2, 0) is 4.84 Å². The minimum atomic E-state index is 0.623. The van der Waals surface area contributed by atoms with Gasteiger partial charge in [-0.2, -0.15) is 0 Å². The third kappa shape index (κ3) is 1.79. The summed E-state index contributed by atoms with van der Waals surface area (Å²) in [6.45, 7) is 0.623. The molecule has 68 valence electrons. The van der Waals surface area contributed by atoms with Crippen LogP contribution in [0, 0.1) is 0 Å². The molecule has 0 atom stereocenters. The van der Waals surface area contributed by atoms with E-state index in [4.69, 9.17) is 28.0 Å². The summed E-state index contributed by atoms with van der Waals surface area (Å²) < 4.78 is 0. The SMILES string of the molecule is Clc1ccc(Cl)c(C2=NOCC2)c1. The Kier molecular flexibility index (Phi) is 2.42. The van der Waals surface area contributed by atoms with Crippen LogP contribution in [0.4, 0.5) is 0 Å². The maximum Gasteiger partial charge on any atom is 0.122 e. The van der Waals surface area contributed by atoms with Gasteiger partial charge in [0.15, 0.2) is 0 Å². The minimum Gasteiger partial charge on any atom is -0.395 e. The fraction of sp³-hybridized carbons (Fsp3) is 0.222. The second kappa shape index (κ2) is 3.56. The largest absolute Gasteiger partial charge is 0.395 e.